The van der Waals surface area contributed by atoms with E-state index in [2.05, 4.69) is 30.2 Å². The predicted molar refractivity (Wildman–Crippen MR) is 48.4 cm³/mol. The minimum absolute atomic E-state index is 0.833. The van der Waals surface area contributed by atoms with Gasteiger partial charge in [-0.15, -0.1) is 0 Å². The highest BCUT2D eigenvalue weighted by atomic mass is 16.3. The van der Waals surface area contributed by atoms with Crippen LogP contribution in [0.15, 0.2) is 23.3 Å². The fourth-order valence-electron chi connectivity index (χ4n) is 0.176. The van der Waals surface area contributed by atoms with Crippen LogP contribution in [0.5, 0.6) is 0 Å². The van der Waals surface area contributed by atoms with Crippen LogP contribution in [0.1, 0.15) is 34.6 Å². The maximum atomic E-state index is 4.47. The fraction of sp³-hybridized carbons (Fsp3) is 0.667. The number of rotatable bonds is 0. The molecule has 0 saturated heterocycles. The van der Waals surface area contributed by atoms with Crippen LogP contribution >= 0.6 is 0 Å². The van der Waals surface area contributed by atoms with Crippen molar-refractivity contribution < 1.29 is 4.42 Å². The number of nitrogens with zero attached hydrogens (tertiary/aromatic N) is 1. The van der Waals surface area contributed by atoms with Gasteiger partial charge in [-0.2, -0.15) is 0 Å². The van der Waals surface area contributed by atoms with Gasteiger partial charge in [0.2, 0.25) is 0 Å². The normalized spacial score (nSPS) is 7.45. The first-order valence-electron chi connectivity index (χ1n) is 4.05. The summed E-state index contributed by atoms with van der Waals surface area (Å²) in [5.41, 5.74) is 0. The third-order valence-corrected chi connectivity index (χ3v) is 0.347. The van der Waals surface area contributed by atoms with Crippen molar-refractivity contribution in [1.82, 2.24) is 4.98 Å². The van der Waals surface area contributed by atoms with Gasteiger partial charge in [-0.1, -0.05) is 34.6 Å². The minimum Gasteiger partial charge on any atom is -0.452 e. The van der Waals surface area contributed by atoms with Gasteiger partial charge in [0, 0.05) is 0 Å². The van der Waals surface area contributed by atoms with E-state index in [-0.39, 0.29) is 0 Å². The van der Waals surface area contributed by atoms with E-state index < -0.39 is 0 Å². The van der Waals surface area contributed by atoms with E-state index in [9.17, 15) is 0 Å². The maximum absolute atomic E-state index is 4.47. The summed E-state index contributed by atoms with van der Waals surface area (Å²) in [4.78, 5) is 3.56. The van der Waals surface area contributed by atoms with Crippen molar-refractivity contribution in [3.8, 4) is 0 Å². The highest BCUT2D eigenvalue weighted by Gasteiger charge is 1.68. The summed E-state index contributed by atoms with van der Waals surface area (Å²) in [7, 11) is 0. The molecule has 1 heterocycles. The van der Waals surface area contributed by atoms with E-state index in [1.54, 1.807) is 6.20 Å². The van der Waals surface area contributed by atoms with Gasteiger partial charge in [0.1, 0.15) is 6.26 Å². The lowest BCUT2D eigenvalue weighted by molar-refractivity contribution is 0.558. The standard InChI is InChI=1S/C4H10.C3H3NO.C2H6/c1-4(2)3;1-2-5-3-4-1;1-2/h4H,1-3H3;1-3H;1-2H3. The third-order valence-electron chi connectivity index (χ3n) is 0.347. The van der Waals surface area contributed by atoms with E-state index >= 15 is 0 Å². The van der Waals surface area contributed by atoms with E-state index in [1.165, 1.54) is 12.7 Å². The Kier molecular flexibility index (Phi) is 13.9. The summed E-state index contributed by atoms with van der Waals surface area (Å²) in [6, 6.07) is 0. The van der Waals surface area contributed by atoms with Crippen LogP contribution in [0.25, 0.3) is 0 Å². The second kappa shape index (κ2) is 11.9. The maximum Gasteiger partial charge on any atom is 0.180 e. The Morgan fingerprint density at radius 3 is 1.73 bits per heavy atom. The summed E-state index contributed by atoms with van der Waals surface area (Å²) in [5.74, 6) is 0.833. The van der Waals surface area contributed by atoms with Gasteiger partial charge >= 0.3 is 0 Å². The molecule has 1 rings (SSSR count). The molecular formula is C9H19NO. The molecule has 0 N–H and O–H groups in total. The van der Waals surface area contributed by atoms with Crippen LogP contribution in [0.3, 0.4) is 0 Å². The lowest BCUT2D eigenvalue weighted by Crippen LogP contribution is -1.66. The minimum atomic E-state index is 0.833. The number of hydrogen-bond acceptors (Lipinski definition) is 2. The third kappa shape index (κ3) is 27.0. The Balaban J connectivity index is 0. The molecule has 0 radical (unpaired) electrons. The Bertz CT molecular complexity index is 93.1. The van der Waals surface area contributed by atoms with Gasteiger partial charge in [-0.3, -0.25) is 0 Å². The van der Waals surface area contributed by atoms with Gasteiger partial charge in [-0.05, 0) is 5.92 Å². The summed E-state index contributed by atoms with van der Waals surface area (Å²) in [5, 5.41) is 0. The molecule has 0 bridgehead atoms. The molecule has 0 aliphatic carbocycles. The zero-order valence-corrected chi connectivity index (χ0v) is 8.16. The molecule has 0 aliphatic heterocycles. The number of hydrogen-bond donors (Lipinski definition) is 0. The molecule has 1 aromatic heterocycles. The molecule has 11 heavy (non-hydrogen) atoms. The molecule has 66 valence electrons. The van der Waals surface area contributed by atoms with Gasteiger partial charge in [-0.25, -0.2) is 4.98 Å². The van der Waals surface area contributed by atoms with Crippen LogP contribution in [0.4, 0.5) is 0 Å². The van der Waals surface area contributed by atoms with Crippen molar-refractivity contribution in [2.75, 3.05) is 0 Å². The molecule has 0 fully saturated rings. The smallest absolute Gasteiger partial charge is 0.180 e. The zero-order valence-electron chi connectivity index (χ0n) is 8.16. The topological polar surface area (TPSA) is 26.0 Å². The van der Waals surface area contributed by atoms with E-state index in [4.69, 9.17) is 0 Å². The quantitative estimate of drug-likeness (QED) is 0.577. The van der Waals surface area contributed by atoms with Gasteiger partial charge < -0.3 is 4.42 Å². The summed E-state index contributed by atoms with van der Waals surface area (Å²) >= 11 is 0. The largest absolute Gasteiger partial charge is 0.452 e. The van der Waals surface area contributed by atoms with E-state index in [1.807, 2.05) is 13.8 Å². The second-order valence-electron chi connectivity index (χ2n) is 2.41. The fourth-order valence-corrected chi connectivity index (χ4v) is 0.176. The molecule has 0 unspecified atom stereocenters. The molecule has 0 aromatic carbocycles. The molecule has 2 heteroatoms. The molecule has 0 saturated carbocycles. The first-order valence-corrected chi connectivity index (χ1v) is 4.05. The first kappa shape index (κ1) is 12.8. The van der Waals surface area contributed by atoms with Crippen molar-refractivity contribution in [2.24, 2.45) is 5.92 Å². The summed E-state index contributed by atoms with van der Waals surface area (Å²) in [6.45, 7) is 10.5. The lowest BCUT2D eigenvalue weighted by atomic mass is 10.3. The van der Waals surface area contributed by atoms with Gasteiger partial charge in [0.25, 0.3) is 0 Å². The molecule has 1 aromatic rings. The Morgan fingerprint density at radius 2 is 1.64 bits per heavy atom. The van der Waals surface area contributed by atoms with Crippen LogP contribution < -0.4 is 0 Å². The highest BCUT2D eigenvalue weighted by Crippen LogP contribution is 1.81. The van der Waals surface area contributed by atoms with Crippen LogP contribution in [0, 0.1) is 5.92 Å². The number of oxazole rings is 1. The average molecular weight is 157 g/mol. The van der Waals surface area contributed by atoms with Crippen molar-refractivity contribution >= 4 is 0 Å². The van der Waals surface area contributed by atoms with Crippen molar-refractivity contribution in [2.45, 2.75) is 34.6 Å². The van der Waals surface area contributed by atoms with Crippen LogP contribution in [0.2, 0.25) is 0 Å². The summed E-state index contributed by atoms with van der Waals surface area (Å²) < 4.78 is 4.47. The highest BCUT2D eigenvalue weighted by molar-refractivity contribution is 4.56. The van der Waals surface area contributed by atoms with Gasteiger partial charge in [0.05, 0.1) is 6.20 Å². The lowest BCUT2D eigenvalue weighted by Gasteiger charge is -1.79. The van der Waals surface area contributed by atoms with Crippen molar-refractivity contribution in [3.05, 3.63) is 18.9 Å². The molecule has 2 nitrogen and oxygen atoms in total. The van der Waals surface area contributed by atoms with Crippen molar-refractivity contribution in [1.29, 1.82) is 0 Å². The summed E-state index contributed by atoms with van der Waals surface area (Å²) in [6.07, 6.45) is 4.47. The zero-order chi connectivity index (χ0) is 9.11. The van der Waals surface area contributed by atoms with Gasteiger partial charge in [0.15, 0.2) is 6.39 Å². The monoisotopic (exact) mass is 157 g/mol. The molecule has 0 amide bonds. The van der Waals surface area contributed by atoms with Crippen LogP contribution in [-0.4, -0.2) is 4.98 Å². The Labute approximate surface area is 69.6 Å². The van der Waals surface area contributed by atoms with E-state index in [0.717, 1.165) is 5.92 Å². The molecular weight excluding hydrogens is 138 g/mol. The second-order valence-corrected chi connectivity index (χ2v) is 2.41. The van der Waals surface area contributed by atoms with Crippen LogP contribution in [-0.2, 0) is 0 Å². The molecule has 0 aliphatic rings. The van der Waals surface area contributed by atoms with E-state index in [0.29, 0.717) is 0 Å². The van der Waals surface area contributed by atoms with Crippen molar-refractivity contribution in [3.63, 3.8) is 0 Å². The Morgan fingerprint density at radius 1 is 1.18 bits per heavy atom. The average Bonchev–Trinajstić information content (AvgIpc) is 2.44. The SMILES string of the molecule is CC.CC(C)C.c1cocn1. The molecule has 0 atom stereocenters. The Hall–Kier alpha value is -0.790. The number of aromatic nitrogens is 1. The molecule has 0 spiro atoms. The predicted octanol–water partition coefficient (Wildman–Crippen LogP) is 3.36. The first-order chi connectivity index (χ1) is 5.23.